The normalized spacial score (nSPS) is 21.1. The van der Waals surface area contributed by atoms with E-state index in [1.807, 2.05) is 0 Å². The minimum atomic E-state index is -4.53. The number of nitrogens with zero attached hydrogens (tertiary/aromatic N) is 1. The maximum Gasteiger partial charge on any atom is 0.416 e. The van der Waals surface area contributed by atoms with Gasteiger partial charge in [-0.3, -0.25) is 9.59 Å². The van der Waals surface area contributed by atoms with E-state index < -0.39 is 35.8 Å². The number of amides is 1. The molecule has 1 fully saturated rings. The van der Waals surface area contributed by atoms with Crippen LogP contribution in [-0.2, 0) is 20.5 Å². The van der Waals surface area contributed by atoms with Crippen molar-refractivity contribution in [3.63, 3.8) is 0 Å². The van der Waals surface area contributed by atoms with Crippen LogP contribution in [0.4, 0.5) is 18.0 Å². The van der Waals surface area contributed by atoms with Gasteiger partial charge in [0.05, 0.1) is 31.1 Å². The third-order valence-corrected chi connectivity index (χ3v) is 4.17. The molecule has 2 atom stereocenters. The van der Waals surface area contributed by atoms with Gasteiger partial charge in [0.2, 0.25) is 0 Å². The molecule has 9 heteroatoms. The number of likely N-dealkylation sites (tertiary alicyclic amines) is 1. The second-order valence-corrected chi connectivity index (χ2v) is 5.64. The van der Waals surface area contributed by atoms with Gasteiger partial charge in [0, 0.05) is 13.0 Å². The number of esters is 1. The molecule has 2 rings (SSSR count). The average Bonchev–Trinajstić information content (AvgIpc) is 2.55. The first kappa shape index (κ1) is 18.8. The first-order chi connectivity index (χ1) is 11.6. The Bertz CT molecular complexity index is 671. The van der Waals surface area contributed by atoms with Gasteiger partial charge in [0.25, 0.3) is 0 Å². The van der Waals surface area contributed by atoms with E-state index in [1.165, 1.54) is 0 Å². The summed E-state index contributed by atoms with van der Waals surface area (Å²) in [5.74, 6) is -2.02. The zero-order chi connectivity index (χ0) is 18.8. The zero-order valence-corrected chi connectivity index (χ0v) is 13.2. The van der Waals surface area contributed by atoms with Crippen molar-refractivity contribution < 1.29 is 37.4 Å². The lowest BCUT2D eigenvalue weighted by Crippen LogP contribution is -2.46. The van der Waals surface area contributed by atoms with Crippen LogP contribution in [-0.4, -0.2) is 41.5 Å². The van der Waals surface area contributed by atoms with Gasteiger partial charge in [-0.2, -0.15) is 13.2 Å². The fraction of sp³-hybridized carbons (Fsp3) is 0.438. The van der Waals surface area contributed by atoms with E-state index in [1.54, 1.807) is 0 Å². The number of methoxy groups -OCH3 is 1. The first-order valence-electron chi connectivity index (χ1n) is 7.41. The lowest BCUT2D eigenvalue weighted by atomic mass is 9.81. The number of hydrogen-bond acceptors (Lipinski definition) is 4. The molecule has 1 unspecified atom stereocenters. The summed E-state index contributed by atoms with van der Waals surface area (Å²) >= 11 is 0. The summed E-state index contributed by atoms with van der Waals surface area (Å²) in [6.45, 7) is -0.0858. The SMILES string of the molecule is COC(=O)C[C@@H]1C(=O)CCN(C(=O)O)C1c1ccc(C(F)(F)F)cc1. The van der Waals surface area contributed by atoms with Gasteiger partial charge >= 0.3 is 18.2 Å². The highest BCUT2D eigenvalue weighted by atomic mass is 19.4. The molecule has 0 aromatic heterocycles. The second-order valence-electron chi connectivity index (χ2n) is 5.64. The second kappa shape index (κ2) is 7.12. The Balaban J connectivity index is 2.42. The average molecular weight is 359 g/mol. The Morgan fingerprint density at radius 1 is 1.28 bits per heavy atom. The number of rotatable bonds is 3. The molecule has 1 aliphatic rings. The summed E-state index contributed by atoms with van der Waals surface area (Å²) in [5.41, 5.74) is -0.665. The molecule has 1 aromatic rings. The number of benzene rings is 1. The molecule has 0 spiro atoms. The van der Waals surface area contributed by atoms with Crippen LogP contribution in [0.15, 0.2) is 24.3 Å². The predicted octanol–water partition coefficient (Wildman–Crippen LogP) is 2.88. The predicted molar refractivity (Wildman–Crippen MR) is 78.7 cm³/mol. The summed E-state index contributed by atoms with van der Waals surface area (Å²) in [5, 5.41) is 9.37. The molecule has 6 nitrogen and oxygen atoms in total. The van der Waals surface area contributed by atoms with Gasteiger partial charge in [-0.25, -0.2) is 4.79 Å². The topological polar surface area (TPSA) is 83.9 Å². The largest absolute Gasteiger partial charge is 0.469 e. The Morgan fingerprint density at radius 2 is 1.88 bits per heavy atom. The quantitative estimate of drug-likeness (QED) is 0.839. The molecule has 1 saturated heterocycles. The van der Waals surface area contributed by atoms with Crippen molar-refractivity contribution in [3.05, 3.63) is 35.4 Å². The summed E-state index contributed by atoms with van der Waals surface area (Å²) in [6.07, 6.45) is -6.25. The van der Waals surface area contributed by atoms with E-state index in [0.29, 0.717) is 0 Å². The van der Waals surface area contributed by atoms with Gasteiger partial charge in [0.1, 0.15) is 5.78 Å². The van der Waals surface area contributed by atoms with Crippen molar-refractivity contribution in [2.24, 2.45) is 5.92 Å². The molecule has 1 aliphatic heterocycles. The Hall–Kier alpha value is -2.58. The summed E-state index contributed by atoms with van der Waals surface area (Å²) in [4.78, 5) is 36.3. The summed E-state index contributed by atoms with van der Waals surface area (Å²) in [6, 6.07) is 2.87. The number of carbonyl (C=O) groups is 3. The maximum atomic E-state index is 12.7. The summed E-state index contributed by atoms with van der Waals surface area (Å²) < 4.78 is 42.6. The van der Waals surface area contributed by atoms with Crippen LogP contribution in [0.2, 0.25) is 0 Å². The van der Waals surface area contributed by atoms with E-state index in [4.69, 9.17) is 0 Å². The number of hydrogen-bond donors (Lipinski definition) is 1. The fourth-order valence-corrected chi connectivity index (χ4v) is 2.93. The molecule has 136 valence electrons. The number of carboxylic acid groups (broad SMARTS) is 1. The highest BCUT2D eigenvalue weighted by molar-refractivity contribution is 5.88. The standard InChI is InChI=1S/C16H16F3NO5/c1-25-13(22)8-11-12(21)6-7-20(15(23)24)14(11)9-2-4-10(5-3-9)16(17,18)19/h2-5,11,14H,6-8H2,1H3,(H,23,24)/t11-,14?/m1/s1. The van der Waals surface area contributed by atoms with Gasteiger partial charge in [0.15, 0.2) is 0 Å². The molecule has 0 radical (unpaired) electrons. The van der Waals surface area contributed by atoms with Crippen LogP contribution >= 0.6 is 0 Å². The van der Waals surface area contributed by atoms with Crippen molar-refractivity contribution in [1.82, 2.24) is 4.90 Å². The lowest BCUT2D eigenvalue weighted by molar-refractivity contribution is -0.146. The molecule has 1 amide bonds. The smallest absolute Gasteiger partial charge is 0.416 e. The molecule has 0 bridgehead atoms. The maximum absolute atomic E-state index is 12.7. The van der Waals surface area contributed by atoms with Crippen LogP contribution in [0.25, 0.3) is 0 Å². The lowest BCUT2D eigenvalue weighted by Gasteiger charge is -2.38. The molecule has 1 N–H and O–H groups in total. The number of piperidine rings is 1. The number of ketones is 1. The monoisotopic (exact) mass is 359 g/mol. The molecule has 1 heterocycles. The number of Topliss-reactive ketones (excluding diaryl/α,β-unsaturated/α-hetero) is 1. The van der Waals surface area contributed by atoms with Gasteiger partial charge in [-0.1, -0.05) is 12.1 Å². The minimum absolute atomic E-state index is 0.0644. The Morgan fingerprint density at radius 3 is 2.36 bits per heavy atom. The van der Waals surface area contributed by atoms with E-state index in [2.05, 4.69) is 4.74 Å². The molecular formula is C16H16F3NO5. The van der Waals surface area contributed by atoms with E-state index in [-0.39, 0.29) is 30.7 Å². The van der Waals surface area contributed by atoms with Crippen molar-refractivity contribution >= 4 is 17.8 Å². The molecule has 0 saturated carbocycles. The van der Waals surface area contributed by atoms with Crippen LogP contribution < -0.4 is 0 Å². The third-order valence-electron chi connectivity index (χ3n) is 4.17. The van der Waals surface area contributed by atoms with Crippen LogP contribution in [0.5, 0.6) is 0 Å². The highest BCUT2D eigenvalue weighted by Gasteiger charge is 2.42. The minimum Gasteiger partial charge on any atom is -0.469 e. The van der Waals surface area contributed by atoms with E-state index >= 15 is 0 Å². The summed E-state index contributed by atoms with van der Waals surface area (Å²) in [7, 11) is 1.14. The third kappa shape index (κ3) is 4.09. The van der Waals surface area contributed by atoms with E-state index in [9.17, 15) is 32.7 Å². The number of halogens is 3. The molecule has 0 aliphatic carbocycles. The van der Waals surface area contributed by atoms with Crippen LogP contribution in [0.3, 0.4) is 0 Å². The van der Waals surface area contributed by atoms with Gasteiger partial charge in [-0.15, -0.1) is 0 Å². The molecule has 25 heavy (non-hydrogen) atoms. The van der Waals surface area contributed by atoms with Crippen molar-refractivity contribution in [2.75, 3.05) is 13.7 Å². The first-order valence-corrected chi connectivity index (χ1v) is 7.41. The van der Waals surface area contributed by atoms with Crippen molar-refractivity contribution in [3.8, 4) is 0 Å². The molecular weight excluding hydrogens is 343 g/mol. The van der Waals surface area contributed by atoms with Crippen molar-refractivity contribution in [2.45, 2.75) is 25.1 Å². The Kier molecular flexibility index (Phi) is 5.34. The van der Waals surface area contributed by atoms with Gasteiger partial charge in [-0.05, 0) is 17.7 Å². The zero-order valence-electron chi connectivity index (χ0n) is 13.2. The Labute approximate surface area is 141 Å². The van der Waals surface area contributed by atoms with Crippen molar-refractivity contribution in [1.29, 1.82) is 0 Å². The van der Waals surface area contributed by atoms with E-state index in [0.717, 1.165) is 36.3 Å². The highest BCUT2D eigenvalue weighted by Crippen LogP contribution is 2.38. The van der Waals surface area contributed by atoms with Crippen LogP contribution in [0.1, 0.15) is 30.0 Å². The van der Waals surface area contributed by atoms with Crippen LogP contribution in [0, 0.1) is 5.92 Å². The molecule has 1 aromatic carbocycles. The number of alkyl halides is 3. The fourth-order valence-electron chi connectivity index (χ4n) is 2.93. The number of carbonyl (C=O) groups excluding carboxylic acids is 2. The number of ether oxygens (including phenoxy) is 1. The van der Waals surface area contributed by atoms with Gasteiger partial charge < -0.3 is 14.7 Å².